The quantitative estimate of drug-likeness (QED) is 0.453. The van der Waals surface area contributed by atoms with Crippen molar-refractivity contribution in [2.75, 3.05) is 52.9 Å². The summed E-state index contributed by atoms with van der Waals surface area (Å²) in [5.74, 6) is 0. The maximum absolute atomic E-state index is 10.0. The van der Waals surface area contributed by atoms with Gasteiger partial charge in [0.15, 0.2) is 0 Å². The summed E-state index contributed by atoms with van der Waals surface area (Å²) in [5.41, 5.74) is 0. The molecule has 0 aromatic heterocycles. The first-order valence-corrected chi connectivity index (χ1v) is 10.5. The normalized spacial score (nSPS) is 30.2. The zero-order valence-electron chi connectivity index (χ0n) is 17.4. The summed E-state index contributed by atoms with van der Waals surface area (Å²) in [4.78, 5) is 0. The zero-order valence-corrected chi connectivity index (χ0v) is 19.0. The molecule has 4 heterocycles. The van der Waals surface area contributed by atoms with Crippen molar-refractivity contribution in [1.29, 1.82) is 0 Å². The Balaban J connectivity index is 0.000000356. The summed E-state index contributed by atoms with van der Waals surface area (Å²) >= 11 is 0. The van der Waals surface area contributed by atoms with Crippen LogP contribution in [0.25, 0.3) is 0 Å². The summed E-state index contributed by atoms with van der Waals surface area (Å²) in [7, 11) is 0. The van der Waals surface area contributed by atoms with Gasteiger partial charge in [0, 0.05) is 50.8 Å². The van der Waals surface area contributed by atoms with Gasteiger partial charge in [-0.15, -0.1) is 26.4 Å². The zero-order chi connectivity index (χ0) is 20.5. The second kappa shape index (κ2) is 20.3. The van der Waals surface area contributed by atoms with E-state index in [1.165, 1.54) is 0 Å². The molecule has 168 valence electrons. The van der Waals surface area contributed by atoms with E-state index in [-0.39, 0.29) is 72.6 Å². The number of hydrogen-bond acceptors (Lipinski definition) is 8. The SMILES string of the molecule is [O-]CC1CCCO1.[O-]CC1CCCO1.[O-]CC1CCCO1.[O-]CC1CCCO1.[Ti+4]. The average molecular weight is 452 g/mol. The fourth-order valence-corrected chi connectivity index (χ4v) is 3.10. The third kappa shape index (κ3) is 14.9. The van der Waals surface area contributed by atoms with Crippen LogP contribution in [0, 0.1) is 0 Å². The third-order valence-corrected chi connectivity index (χ3v) is 4.84. The van der Waals surface area contributed by atoms with Gasteiger partial charge in [-0.3, -0.25) is 0 Å². The minimum atomic E-state index is -0.0556. The number of ether oxygens (including phenoxy) is 4. The minimum absolute atomic E-state index is 0. The molecule has 0 spiro atoms. The van der Waals surface area contributed by atoms with E-state index in [0.29, 0.717) is 0 Å². The summed E-state index contributed by atoms with van der Waals surface area (Å²) in [6.07, 6.45) is 8.37. The maximum Gasteiger partial charge on any atom is 4.00 e. The predicted octanol–water partition coefficient (Wildman–Crippen LogP) is -1.90. The molecule has 4 rings (SSSR count). The van der Waals surface area contributed by atoms with Crippen molar-refractivity contribution in [3.63, 3.8) is 0 Å². The van der Waals surface area contributed by atoms with E-state index >= 15 is 0 Å². The maximum atomic E-state index is 10.0. The van der Waals surface area contributed by atoms with E-state index in [1.807, 2.05) is 0 Å². The van der Waals surface area contributed by atoms with Crippen molar-refractivity contribution in [2.24, 2.45) is 0 Å². The fraction of sp³-hybridized carbons (Fsp3) is 1.00. The van der Waals surface area contributed by atoms with Gasteiger partial charge in [0.25, 0.3) is 0 Å². The molecule has 0 N–H and O–H groups in total. The van der Waals surface area contributed by atoms with Gasteiger partial charge in [0.1, 0.15) is 0 Å². The third-order valence-electron chi connectivity index (χ3n) is 4.84. The van der Waals surface area contributed by atoms with Crippen LogP contribution < -0.4 is 20.4 Å². The molecule has 9 heteroatoms. The van der Waals surface area contributed by atoms with Crippen LogP contribution in [0.3, 0.4) is 0 Å². The Hall–Kier alpha value is 0.394. The second-order valence-corrected chi connectivity index (χ2v) is 7.21. The molecule has 0 radical (unpaired) electrons. The van der Waals surface area contributed by atoms with Crippen molar-refractivity contribution in [2.45, 2.75) is 75.8 Å². The van der Waals surface area contributed by atoms with E-state index in [9.17, 15) is 20.4 Å². The smallest absolute Gasteiger partial charge is 0.853 e. The van der Waals surface area contributed by atoms with Gasteiger partial charge in [-0.25, -0.2) is 0 Å². The summed E-state index contributed by atoms with van der Waals surface area (Å²) in [6.45, 7) is 2.97. The van der Waals surface area contributed by atoms with Crippen molar-refractivity contribution in [1.82, 2.24) is 0 Å². The molecule has 4 unspecified atom stereocenters. The Bertz CT molecular complexity index is 262. The molecule has 0 aromatic rings. The molecule has 8 nitrogen and oxygen atoms in total. The van der Waals surface area contributed by atoms with Crippen LogP contribution in [0.4, 0.5) is 0 Å². The van der Waals surface area contributed by atoms with Crippen LogP contribution in [0.1, 0.15) is 51.4 Å². The van der Waals surface area contributed by atoms with E-state index in [1.54, 1.807) is 0 Å². The van der Waals surface area contributed by atoms with E-state index in [0.717, 1.165) is 77.8 Å². The molecule has 0 amide bonds. The van der Waals surface area contributed by atoms with Gasteiger partial charge < -0.3 is 39.4 Å². The molecule has 4 aliphatic heterocycles. The average Bonchev–Trinajstić information content (AvgIpc) is 3.57. The Morgan fingerprint density at radius 3 is 0.724 bits per heavy atom. The topological polar surface area (TPSA) is 129 Å². The Labute approximate surface area is 189 Å². The molecule has 4 atom stereocenters. The van der Waals surface area contributed by atoms with Crippen LogP contribution in [0.2, 0.25) is 0 Å². The Kier molecular flexibility index (Phi) is 20.6. The number of hydrogen-bond donors (Lipinski definition) is 0. The van der Waals surface area contributed by atoms with Crippen LogP contribution in [0.15, 0.2) is 0 Å². The van der Waals surface area contributed by atoms with Gasteiger partial charge in [0.05, 0.1) is 0 Å². The molecule has 29 heavy (non-hydrogen) atoms. The number of rotatable bonds is 4. The van der Waals surface area contributed by atoms with Crippen LogP contribution in [-0.4, -0.2) is 77.3 Å². The standard InChI is InChI=1S/4C5H9O2.Ti/c4*6-4-5-2-1-3-7-5;/h4*5H,1-4H2;/q4*-1;+4. The van der Waals surface area contributed by atoms with Crippen molar-refractivity contribution in [3.8, 4) is 0 Å². The van der Waals surface area contributed by atoms with Gasteiger partial charge in [0.2, 0.25) is 0 Å². The minimum Gasteiger partial charge on any atom is -0.853 e. The molecular weight excluding hydrogens is 416 g/mol. The molecule has 4 fully saturated rings. The first-order valence-electron chi connectivity index (χ1n) is 10.5. The van der Waals surface area contributed by atoms with E-state index in [2.05, 4.69) is 0 Å². The molecule has 0 bridgehead atoms. The van der Waals surface area contributed by atoms with Gasteiger partial charge in [-0.2, -0.15) is 0 Å². The molecule has 0 aromatic carbocycles. The molecule has 4 aliphatic rings. The van der Waals surface area contributed by atoms with E-state index < -0.39 is 0 Å². The Morgan fingerprint density at radius 2 is 0.655 bits per heavy atom. The van der Waals surface area contributed by atoms with Gasteiger partial charge in [-0.1, -0.05) is 0 Å². The summed E-state index contributed by atoms with van der Waals surface area (Å²) in [5, 5.41) is 40.0. The van der Waals surface area contributed by atoms with Gasteiger partial charge >= 0.3 is 21.7 Å². The van der Waals surface area contributed by atoms with Crippen LogP contribution in [-0.2, 0) is 40.7 Å². The van der Waals surface area contributed by atoms with Gasteiger partial charge in [-0.05, 0) is 51.4 Å². The Morgan fingerprint density at radius 1 is 0.448 bits per heavy atom. The fourth-order valence-electron chi connectivity index (χ4n) is 3.10. The van der Waals surface area contributed by atoms with Crippen molar-refractivity contribution < 1.29 is 61.1 Å². The monoisotopic (exact) mass is 452 g/mol. The van der Waals surface area contributed by atoms with Crippen LogP contribution >= 0.6 is 0 Å². The first kappa shape index (κ1) is 29.4. The first-order chi connectivity index (χ1) is 13.7. The second-order valence-electron chi connectivity index (χ2n) is 7.21. The largest absolute Gasteiger partial charge is 4.00 e. The van der Waals surface area contributed by atoms with Crippen LogP contribution in [0.5, 0.6) is 0 Å². The van der Waals surface area contributed by atoms with Crippen molar-refractivity contribution in [3.05, 3.63) is 0 Å². The summed E-state index contributed by atoms with van der Waals surface area (Å²) in [6, 6.07) is 0. The molecule has 0 saturated carbocycles. The molecular formula is C20H36O8Ti. The summed E-state index contributed by atoms with van der Waals surface area (Å²) < 4.78 is 20.0. The molecule has 0 aliphatic carbocycles. The van der Waals surface area contributed by atoms with Crippen molar-refractivity contribution >= 4 is 0 Å². The predicted molar refractivity (Wildman–Crippen MR) is 95.4 cm³/mol. The molecule has 4 saturated heterocycles. The van der Waals surface area contributed by atoms with E-state index in [4.69, 9.17) is 18.9 Å².